The maximum Gasteiger partial charge on any atom is 0.265 e. The first kappa shape index (κ1) is 14.7. The van der Waals surface area contributed by atoms with Gasteiger partial charge in [0.25, 0.3) is 10.0 Å². The molecule has 24 heavy (non-hydrogen) atoms. The van der Waals surface area contributed by atoms with E-state index in [0.717, 1.165) is 10.8 Å². The molecule has 5 nitrogen and oxygen atoms in total. The molecule has 1 aliphatic heterocycles. The summed E-state index contributed by atoms with van der Waals surface area (Å²) in [6, 6.07) is 17.5. The van der Waals surface area contributed by atoms with Crippen LogP contribution in [-0.4, -0.2) is 14.3 Å². The Morgan fingerprint density at radius 3 is 2.46 bits per heavy atom. The summed E-state index contributed by atoms with van der Waals surface area (Å²) in [5.74, 6) is -0.536. The molecule has 0 saturated carbocycles. The topological polar surface area (TPSA) is 80.5 Å². The number of carbonyl (C=O) groups is 1. The fourth-order valence-electron chi connectivity index (χ4n) is 3.12. The van der Waals surface area contributed by atoms with E-state index in [0.29, 0.717) is 21.7 Å². The van der Waals surface area contributed by atoms with Gasteiger partial charge in [-0.15, -0.1) is 0 Å². The summed E-state index contributed by atoms with van der Waals surface area (Å²) in [5, 5.41) is 1.63. The van der Waals surface area contributed by atoms with Crippen molar-refractivity contribution >= 4 is 32.4 Å². The lowest BCUT2D eigenvalue weighted by Crippen LogP contribution is -2.26. The van der Waals surface area contributed by atoms with Crippen LogP contribution in [0.1, 0.15) is 15.9 Å². The van der Waals surface area contributed by atoms with Crippen molar-refractivity contribution < 1.29 is 13.2 Å². The van der Waals surface area contributed by atoms with Crippen LogP contribution in [0.5, 0.6) is 0 Å². The first-order valence-corrected chi connectivity index (χ1v) is 8.86. The molecule has 120 valence electrons. The van der Waals surface area contributed by atoms with Crippen LogP contribution in [0, 0.1) is 0 Å². The second-order valence-electron chi connectivity index (χ2n) is 5.71. The Hall–Kier alpha value is -2.86. The third-order valence-electron chi connectivity index (χ3n) is 4.22. The highest BCUT2D eigenvalue weighted by Crippen LogP contribution is 2.42. The summed E-state index contributed by atoms with van der Waals surface area (Å²) >= 11 is 0. The van der Waals surface area contributed by atoms with Gasteiger partial charge < -0.3 is 5.73 Å². The van der Waals surface area contributed by atoms with E-state index in [-0.39, 0.29) is 6.54 Å². The lowest BCUT2D eigenvalue weighted by Gasteiger charge is -2.19. The standard InChI is InChI=1S/C18H14N2O3S/c19-18(21)14-7-1-4-12(10-14)11-20-15-8-2-5-13-6-3-9-16(17(13)15)24(20,22)23/h1-10H,11H2,(H2,19,21). The van der Waals surface area contributed by atoms with E-state index < -0.39 is 15.9 Å². The molecule has 4 rings (SSSR count). The minimum atomic E-state index is -3.61. The predicted molar refractivity (Wildman–Crippen MR) is 92.3 cm³/mol. The van der Waals surface area contributed by atoms with E-state index >= 15 is 0 Å². The van der Waals surface area contributed by atoms with Crippen molar-refractivity contribution in [1.82, 2.24) is 0 Å². The average molecular weight is 338 g/mol. The highest BCUT2D eigenvalue weighted by Gasteiger charge is 2.35. The normalized spacial score (nSPS) is 14.9. The lowest BCUT2D eigenvalue weighted by atomic mass is 10.1. The molecule has 3 aromatic rings. The fraction of sp³-hybridized carbons (Fsp3) is 0.0556. The summed E-state index contributed by atoms with van der Waals surface area (Å²) in [4.78, 5) is 11.7. The van der Waals surface area contributed by atoms with Crippen LogP contribution < -0.4 is 10.0 Å². The Balaban J connectivity index is 1.84. The monoisotopic (exact) mass is 338 g/mol. The van der Waals surface area contributed by atoms with E-state index in [2.05, 4.69) is 0 Å². The number of primary amides is 1. The summed E-state index contributed by atoms with van der Waals surface area (Å²) in [6.07, 6.45) is 0. The van der Waals surface area contributed by atoms with Gasteiger partial charge in [-0.25, -0.2) is 8.42 Å². The quantitative estimate of drug-likeness (QED) is 0.797. The summed E-state index contributed by atoms with van der Waals surface area (Å²) in [6.45, 7) is 0.150. The number of sulfonamides is 1. The van der Waals surface area contributed by atoms with Crippen LogP contribution in [0.3, 0.4) is 0 Å². The second-order valence-corrected chi connectivity index (χ2v) is 7.54. The minimum Gasteiger partial charge on any atom is -0.366 e. The number of rotatable bonds is 3. The number of amides is 1. The molecule has 0 atom stereocenters. The van der Waals surface area contributed by atoms with Crippen LogP contribution >= 0.6 is 0 Å². The second kappa shape index (κ2) is 5.07. The van der Waals surface area contributed by atoms with Gasteiger partial charge in [0.15, 0.2) is 0 Å². The first-order chi connectivity index (χ1) is 11.5. The SMILES string of the molecule is NC(=O)c1cccc(CN2c3cccc4cccc(c34)S2(=O)=O)c1. The lowest BCUT2D eigenvalue weighted by molar-refractivity contribution is 0.1000. The van der Waals surface area contributed by atoms with E-state index in [1.54, 1.807) is 42.5 Å². The molecule has 0 aromatic heterocycles. The van der Waals surface area contributed by atoms with Gasteiger partial charge in [-0.1, -0.05) is 36.4 Å². The van der Waals surface area contributed by atoms with E-state index in [1.807, 2.05) is 18.2 Å². The van der Waals surface area contributed by atoms with Gasteiger partial charge in [0.2, 0.25) is 5.91 Å². The molecule has 2 N–H and O–H groups in total. The third-order valence-corrected chi connectivity index (χ3v) is 6.02. The van der Waals surface area contributed by atoms with E-state index in [4.69, 9.17) is 5.73 Å². The van der Waals surface area contributed by atoms with Gasteiger partial charge in [-0.2, -0.15) is 0 Å². The van der Waals surface area contributed by atoms with Crippen LogP contribution in [0.4, 0.5) is 5.69 Å². The summed E-state index contributed by atoms with van der Waals surface area (Å²) in [7, 11) is -3.61. The van der Waals surface area contributed by atoms with Crippen LogP contribution in [0.2, 0.25) is 0 Å². The number of carbonyl (C=O) groups excluding carboxylic acids is 1. The maximum absolute atomic E-state index is 12.9. The van der Waals surface area contributed by atoms with Crippen LogP contribution in [0.15, 0.2) is 65.6 Å². The van der Waals surface area contributed by atoms with Crippen molar-refractivity contribution in [2.45, 2.75) is 11.4 Å². The third kappa shape index (κ3) is 2.07. The van der Waals surface area contributed by atoms with Gasteiger partial charge >= 0.3 is 0 Å². The zero-order chi connectivity index (χ0) is 16.9. The summed E-state index contributed by atoms with van der Waals surface area (Å²) < 4.78 is 27.2. The Kier molecular flexibility index (Phi) is 3.11. The molecule has 0 saturated heterocycles. The number of nitrogens with zero attached hydrogens (tertiary/aromatic N) is 1. The molecule has 0 spiro atoms. The molecule has 0 radical (unpaired) electrons. The Morgan fingerprint density at radius 2 is 1.71 bits per heavy atom. The van der Waals surface area contributed by atoms with Gasteiger partial charge in [0.1, 0.15) is 0 Å². The smallest absolute Gasteiger partial charge is 0.265 e. The molecule has 0 unspecified atom stereocenters. The number of nitrogens with two attached hydrogens (primary N) is 1. The molecule has 6 heteroatoms. The summed E-state index contributed by atoms with van der Waals surface area (Å²) in [5.41, 5.74) is 7.03. The molecular formula is C18H14N2O3S. The van der Waals surface area contributed by atoms with E-state index in [9.17, 15) is 13.2 Å². The molecular weight excluding hydrogens is 324 g/mol. The van der Waals surface area contributed by atoms with Crippen molar-refractivity contribution in [1.29, 1.82) is 0 Å². The van der Waals surface area contributed by atoms with Crippen molar-refractivity contribution in [3.05, 3.63) is 71.8 Å². The number of hydrogen-bond acceptors (Lipinski definition) is 3. The molecule has 3 aromatic carbocycles. The van der Waals surface area contributed by atoms with Crippen molar-refractivity contribution in [2.75, 3.05) is 4.31 Å². The van der Waals surface area contributed by atoms with Crippen LogP contribution in [0.25, 0.3) is 10.8 Å². The largest absolute Gasteiger partial charge is 0.366 e. The average Bonchev–Trinajstić information content (AvgIpc) is 2.79. The fourth-order valence-corrected chi connectivity index (χ4v) is 4.82. The molecule has 1 aliphatic rings. The van der Waals surface area contributed by atoms with Crippen LogP contribution in [-0.2, 0) is 16.6 Å². The predicted octanol–water partition coefficient (Wildman–Crippen LogP) is 2.65. The highest BCUT2D eigenvalue weighted by molar-refractivity contribution is 7.93. The Morgan fingerprint density at radius 1 is 1.00 bits per heavy atom. The zero-order valence-corrected chi connectivity index (χ0v) is 13.5. The first-order valence-electron chi connectivity index (χ1n) is 7.42. The van der Waals surface area contributed by atoms with Crippen molar-refractivity contribution in [2.24, 2.45) is 5.73 Å². The molecule has 0 fully saturated rings. The number of benzene rings is 3. The highest BCUT2D eigenvalue weighted by atomic mass is 32.2. The number of hydrogen-bond donors (Lipinski definition) is 1. The molecule has 0 aliphatic carbocycles. The minimum absolute atomic E-state index is 0.150. The Bertz CT molecular complexity index is 1090. The van der Waals surface area contributed by atoms with Crippen molar-refractivity contribution in [3.8, 4) is 0 Å². The maximum atomic E-state index is 12.9. The van der Waals surface area contributed by atoms with E-state index in [1.165, 1.54) is 4.31 Å². The van der Waals surface area contributed by atoms with Gasteiger partial charge in [-0.05, 0) is 35.2 Å². The Labute approximate surface area is 139 Å². The zero-order valence-electron chi connectivity index (χ0n) is 12.6. The molecule has 1 heterocycles. The van der Waals surface area contributed by atoms with Gasteiger partial charge in [0, 0.05) is 10.9 Å². The van der Waals surface area contributed by atoms with Gasteiger partial charge in [-0.3, -0.25) is 9.10 Å². The number of anilines is 1. The molecule has 1 amide bonds. The molecule has 0 bridgehead atoms. The van der Waals surface area contributed by atoms with Gasteiger partial charge in [0.05, 0.1) is 17.1 Å². The van der Waals surface area contributed by atoms with Crippen molar-refractivity contribution in [3.63, 3.8) is 0 Å².